The zero-order chi connectivity index (χ0) is 13.1. The fourth-order valence-corrected chi connectivity index (χ4v) is 3.60. The van der Waals surface area contributed by atoms with Crippen molar-refractivity contribution in [2.75, 3.05) is 10.1 Å². The minimum absolute atomic E-state index is 0.110. The van der Waals surface area contributed by atoms with Crippen LogP contribution in [-0.4, -0.2) is 20.2 Å². The van der Waals surface area contributed by atoms with Gasteiger partial charge in [0, 0.05) is 3.57 Å². The van der Waals surface area contributed by atoms with Gasteiger partial charge in [0.2, 0.25) is 10.0 Å². The molecule has 1 aromatic rings. The fraction of sp³-hybridized carbons (Fsp3) is 0.300. The van der Waals surface area contributed by atoms with E-state index in [-0.39, 0.29) is 5.75 Å². The monoisotopic (exact) mass is 368 g/mol. The van der Waals surface area contributed by atoms with Crippen molar-refractivity contribution >= 4 is 44.3 Å². The van der Waals surface area contributed by atoms with Gasteiger partial charge in [-0.05, 0) is 41.1 Å². The van der Waals surface area contributed by atoms with Gasteiger partial charge in [0.15, 0.2) is 0 Å². The minimum Gasteiger partial charge on any atom is -0.350 e. The molecule has 0 aromatic heterocycles. The predicted molar refractivity (Wildman–Crippen MR) is 75.3 cm³/mol. The third kappa shape index (κ3) is 3.32. The van der Waals surface area contributed by atoms with Crippen LogP contribution in [0.5, 0.6) is 0 Å². The molecule has 5 nitrogen and oxygen atoms in total. The molecule has 7 heteroatoms. The molecular weight excluding hydrogens is 355 g/mol. The van der Waals surface area contributed by atoms with Crippen LogP contribution in [0.1, 0.15) is 13.3 Å². The minimum atomic E-state index is -3.69. The lowest BCUT2D eigenvalue weighted by Crippen LogP contribution is -2.42. The summed E-state index contributed by atoms with van der Waals surface area (Å²) in [6.45, 7) is 1.73. The summed E-state index contributed by atoms with van der Waals surface area (Å²) >= 11 is 1.96. The van der Waals surface area contributed by atoms with E-state index in [4.69, 9.17) is 5.73 Å². The number of carbonyl (C=O) groups excluding carboxylic acids is 1. The second kappa shape index (κ2) is 5.67. The van der Waals surface area contributed by atoms with E-state index in [0.717, 1.165) is 0 Å². The number of hydrogen-bond acceptors (Lipinski definition) is 3. The van der Waals surface area contributed by atoms with Gasteiger partial charge in [0.05, 0.1) is 11.4 Å². The van der Waals surface area contributed by atoms with Gasteiger partial charge in [-0.3, -0.25) is 0 Å². The first-order chi connectivity index (χ1) is 7.90. The normalized spacial score (nSPS) is 11.2. The molecule has 0 saturated carbocycles. The highest BCUT2D eigenvalue weighted by Gasteiger charge is 2.27. The molecule has 0 heterocycles. The van der Waals surface area contributed by atoms with Crippen LogP contribution in [-0.2, 0) is 10.0 Å². The van der Waals surface area contributed by atoms with Gasteiger partial charge in [-0.2, -0.15) is 4.31 Å². The molecular formula is C10H13IN2O3S. The van der Waals surface area contributed by atoms with Crippen LogP contribution < -0.4 is 10.0 Å². The van der Waals surface area contributed by atoms with Gasteiger partial charge in [-0.15, -0.1) is 0 Å². The zero-order valence-electron chi connectivity index (χ0n) is 9.26. The van der Waals surface area contributed by atoms with Crippen LogP contribution in [0.25, 0.3) is 0 Å². The van der Waals surface area contributed by atoms with E-state index >= 15 is 0 Å². The third-order valence-electron chi connectivity index (χ3n) is 2.01. The summed E-state index contributed by atoms with van der Waals surface area (Å²) in [5, 5.41) is 0. The quantitative estimate of drug-likeness (QED) is 0.825. The highest BCUT2D eigenvalue weighted by atomic mass is 127. The number of benzene rings is 1. The van der Waals surface area contributed by atoms with Gasteiger partial charge in [0.1, 0.15) is 0 Å². The Balaban J connectivity index is 3.30. The van der Waals surface area contributed by atoms with Crippen molar-refractivity contribution in [3.05, 3.63) is 27.8 Å². The van der Waals surface area contributed by atoms with Crippen molar-refractivity contribution in [3.8, 4) is 0 Å². The van der Waals surface area contributed by atoms with E-state index in [0.29, 0.717) is 20.0 Å². The van der Waals surface area contributed by atoms with E-state index in [1.54, 1.807) is 31.2 Å². The maximum absolute atomic E-state index is 11.9. The summed E-state index contributed by atoms with van der Waals surface area (Å²) in [4.78, 5) is 11.3. The van der Waals surface area contributed by atoms with Crippen molar-refractivity contribution < 1.29 is 13.2 Å². The van der Waals surface area contributed by atoms with Crippen LogP contribution >= 0.6 is 22.6 Å². The summed E-state index contributed by atoms with van der Waals surface area (Å²) in [6.07, 6.45) is 0.426. The molecule has 0 aliphatic rings. The van der Waals surface area contributed by atoms with Gasteiger partial charge in [-0.1, -0.05) is 19.1 Å². The molecule has 0 atom stereocenters. The highest BCUT2D eigenvalue weighted by Crippen LogP contribution is 2.24. The zero-order valence-corrected chi connectivity index (χ0v) is 12.2. The molecule has 2 N–H and O–H groups in total. The van der Waals surface area contributed by atoms with Crippen molar-refractivity contribution in [2.24, 2.45) is 5.73 Å². The Hall–Kier alpha value is -0.830. The third-order valence-corrected chi connectivity index (χ3v) is 4.78. The Morgan fingerprint density at radius 3 is 2.47 bits per heavy atom. The highest BCUT2D eigenvalue weighted by molar-refractivity contribution is 14.1. The number of urea groups is 1. The molecule has 0 saturated heterocycles. The lowest BCUT2D eigenvalue weighted by atomic mass is 10.3. The van der Waals surface area contributed by atoms with Crippen LogP contribution in [0.15, 0.2) is 24.3 Å². The SMILES string of the molecule is CCCS(=O)(=O)N(C(N)=O)c1ccccc1I. The van der Waals surface area contributed by atoms with Crippen molar-refractivity contribution in [1.29, 1.82) is 0 Å². The topological polar surface area (TPSA) is 80.5 Å². The second-order valence-corrected chi connectivity index (χ2v) is 6.47. The van der Waals surface area contributed by atoms with Crippen LogP contribution in [0.3, 0.4) is 0 Å². The van der Waals surface area contributed by atoms with Gasteiger partial charge in [0.25, 0.3) is 0 Å². The number of sulfonamides is 1. The number of primary amides is 1. The maximum Gasteiger partial charge on any atom is 0.333 e. The first-order valence-corrected chi connectivity index (χ1v) is 7.66. The molecule has 0 aliphatic carbocycles. The van der Waals surface area contributed by atoms with Crippen LogP contribution in [0.4, 0.5) is 10.5 Å². The molecule has 1 rings (SSSR count). The Labute approximate surface area is 114 Å². The molecule has 0 spiro atoms. The number of halogens is 1. The molecule has 2 amide bonds. The number of rotatable bonds is 4. The summed E-state index contributed by atoms with van der Waals surface area (Å²) in [6, 6.07) is 5.71. The average molecular weight is 368 g/mol. The maximum atomic E-state index is 11.9. The number of nitrogens with two attached hydrogens (primary N) is 1. The van der Waals surface area contributed by atoms with E-state index in [9.17, 15) is 13.2 Å². The number of amides is 2. The first-order valence-electron chi connectivity index (χ1n) is 4.97. The Bertz CT molecular complexity index is 516. The number of nitrogens with zero attached hydrogens (tertiary/aromatic N) is 1. The summed E-state index contributed by atoms with van der Waals surface area (Å²) in [5.74, 6) is -0.110. The van der Waals surface area contributed by atoms with Gasteiger partial charge >= 0.3 is 6.03 Å². The van der Waals surface area contributed by atoms with E-state index in [1.807, 2.05) is 22.6 Å². The average Bonchev–Trinajstić information content (AvgIpc) is 2.20. The first kappa shape index (κ1) is 14.2. The van der Waals surface area contributed by atoms with Crippen LogP contribution in [0, 0.1) is 3.57 Å². The standard InChI is InChI=1S/C10H13IN2O3S/c1-2-7-17(15,16)13(10(12)14)9-6-4-3-5-8(9)11/h3-6H,2,7H2,1H3,(H2,12,14). The van der Waals surface area contributed by atoms with E-state index < -0.39 is 16.1 Å². The number of hydrogen-bond donors (Lipinski definition) is 1. The Morgan fingerprint density at radius 1 is 1.41 bits per heavy atom. The summed E-state index contributed by atoms with van der Waals surface area (Å²) in [7, 11) is -3.69. The molecule has 17 heavy (non-hydrogen) atoms. The summed E-state index contributed by atoms with van der Waals surface area (Å²) < 4.78 is 25.2. The predicted octanol–water partition coefficient (Wildman–Crippen LogP) is 1.92. The van der Waals surface area contributed by atoms with E-state index in [1.165, 1.54) is 0 Å². The lowest BCUT2D eigenvalue weighted by molar-refractivity contribution is 0.257. The molecule has 0 radical (unpaired) electrons. The molecule has 0 fully saturated rings. The smallest absolute Gasteiger partial charge is 0.333 e. The number of para-hydroxylation sites is 1. The molecule has 0 unspecified atom stereocenters. The second-order valence-electron chi connectivity index (χ2n) is 3.37. The lowest BCUT2D eigenvalue weighted by Gasteiger charge is -2.21. The molecule has 1 aromatic carbocycles. The van der Waals surface area contributed by atoms with Crippen molar-refractivity contribution in [2.45, 2.75) is 13.3 Å². The summed E-state index contributed by atoms with van der Waals surface area (Å²) in [5.41, 5.74) is 5.46. The number of anilines is 1. The van der Waals surface area contributed by atoms with Crippen molar-refractivity contribution in [1.82, 2.24) is 0 Å². The largest absolute Gasteiger partial charge is 0.350 e. The van der Waals surface area contributed by atoms with Crippen LogP contribution in [0.2, 0.25) is 0 Å². The Morgan fingerprint density at radius 2 is 2.00 bits per heavy atom. The Kier molecular flexibility index (Phi) is 4.75. The van der Waals surface area contributed by atoms with Gasteiger partial charge < -0.3 is 5.73 Å². The molecule has 0 aliphatic heterocycles. The van der Waals surface area contributed by atoms with Crippen molar-refractivity contribution in [3.63, 3.8) is 0 Å². The molecule has 0 bridgehead atoms. The van der Waals surface area contributed by atoms with Gasteiger partial charge in [-0.25, -0.2) is 13.2 Å². The number of carbonyl (C=O) groups is 1. The molecule has 94 valence electrons. The fourth-order valence-electron chi connectivity index (χ4n) is 1.37. The van der Waals surface area contributed by atoms with E-state index in [2.05, 4.69) is 0 Å².